The van der Waals surface area contributed by atoms with Crippen LogP contribution < -0.4 is 11.3 Å². The zero-order chi connectivity index (χ0) is 13.1. The molecule has 0 aliphatic heterocycles. The molecule has 1 heterocycles. The summed E-state index contributed by atoms with van der Waals surface area (Å²) in [6.07, 6.45) is 4.13. The Morgan fingerprint density at radius 2 is 2.33 bits per heavy atom. The van der Waals surface area contributed by atoms with Gasteiger partial charge in [0.1, 0.15) is 0 Å². The zero-order valence-corrected chi connectivity index (χ0v) is 11.7. The molecular weight excluding hydrogens is 252 g/mol. The molecule has 0 saturated heterocycles. The summed E-state index contributed by atoms with van der Waals surface area (Å²) in [5.74, 6) is 6.30. The Balaban J connectivity index is 2.27. The van der Waals surface area contributed by atoms with Crippen LogP contribution in [0.5, 0.6) is 0 Å². The number of hydrogen-bond acceptors (Lipinski definition) is 4. The summed E-state index contributed by atoms with van der Waals surface area (Å²) in [7, 11) is 0. The third-order valence-corrected chi connectivity index (χ3v) is 3.67. The number of halogens is 1. The number of nitrogens with one attached hydrogen (secondary N) is 1. The highest BCUT2D eigenvalue weighted by Crippen LogP contribution is 2.41. The maximum Gasteiger partial charge on any atom is 0.0908 e. The first kappa shape index (κ1) is 13.8. The number of nitrogens with two attached hydrogens (primary N) is 1. The molecule has 2 unspecified atom stereocenters. The Bertz CT molecular complexity index is 391. The molecule has 1 saturated carbocycles. The second kappa shape index (κ2) is 6.02. The smallest absolute Gasteiger partial charge is 0.0908 e. The van der Waals surface area contributed by atoms with Crippen molar-refractivity contribution in [2.24, 2.45) is 11.8 Å². The molecule has 0 radical (unpaired) electrons. The van der Waals surface area contributed by atoms with E-state index in [1.165, 1.54) is 12.8 Å². The van der Waals surface area contributed by atoms with Gasteiger partial charge in [-0.1, -0.05) is 11.6 Å². The van der Waals surface area contributed by atoms with E-state index in [1.54, 1.807) is 6.20 Å². The number of hydrazine groups is 1. The quantitative estimate of drug-likeness (QED) is 0.588. The van der Waals surface area contributed by atoms with E-state index in [4.69, 9.17) is 22.2 Å². The lowest BCUT2D eigenvalue weighted by Crippen LogP contribution is -2.40. The van der Waals surface area contributed by atoms with Crippen molar-refractivity contribution in [2.75, 3.05) is 6.61 Å². The van der Waals surface area contributed by atoms with E-state index in [0.29, 0.717) is 17.5 Å². The van der Waals surface area contributed by atoms with Crippen LogP contribution in [0.1, 0.15) is 38.4 Å². The summed E-state index contributed by atoms with van der Waals surface area (Å²) in [4.78, 5) is 0. The largest absolute Gasteiger partial charge is 0.376 e. The van der Waals surface area contributed by atoms with Gasteiger partial charge in [-0.25, -0.2) is 5.43 Å². The normalized spacial score (nSPS) is 18.9. The molecule has 5 nitrogen and oxygen atoms in total. The highest BCUT2D eigenvalue weighted by atomic mass is 35.5. The van der Waals surface area contributed by atoms with Gasteiger partial charge in [-0.05, 0) is 32.6 Å². The van der Waals surface area contributed by atoms with Crippen LogP contribution in [0, 0.1) is 5.92 Å². The molecule has 3 N–H and O–H groups in total. The zero-order valence-electron chi connectivity index (χ0n) is 10.9. The number of nitrogens with zero attached hydrogens (tertiary/aromatic N) is 2. The van der Waals surface area contributed by atoms with Gasteiger partial charge in [-0.3, -0.25) is 10.5 Å². The standard InChI is InChI=1S/C12H21ClN4O/c1-3-17-11(9(13)7-15-17)10(16-14)12(18-4-2)8-5-6-8/h7-8,10,12,16H,3-6,14H2,1-2H3. The van der Waals surface area contributed by atoms with Crippen LogP contribution >= 0.6 is 11.6 Å². The molecule has 18 heavy (non-hydrogen) atoms. The van der Waals surface area contributed by atoms with Crippen LogP contribution in [0.15, 0.2) is 6.20 Å². The monoisotopic (exact) mass is 272 g/mol. The Labute approximate surface area is 113 Å². The molecule has 0 bridgehead atoms. The lowest BCUT2D eigenvalue weighted by atomic mass is 10.0. The van der Waals surface area contributed by atoms with E-state index in [0.717, 1.165) is 12.2 Å². The lowest BCUT2D eigenvalue weighted by molar-refractivity contribution is 0.0164. The molecule has 0 spiro atoms. The van der Waals surface area contributed by atoms with Gasteiger partial charge in [-0.15, -0.1) is 0 Å². The van der Waals surface area contributed by atoms with Crippen LogP contribution in [0.2, 0.25) is 5.02 Å². The Morgan fingerprint density at radius 3 is 2.83 bits per heavy atom. The van der Waals surface area contributed by atoms with Gasteiger partial charge >= 0.3 is 0 Å². The number of aromatic nitrogens is 2. The van der Waals surface area contributed by atoms with Crippen molar-refractivity contribution < 1.29 is 4.74 Å². The van der Waals surface area contributed by atoms with E-state index in [1.807, 2.05) is 18.5 Å². The summed E-state index contributed by atoms with van der Waals surface area (Å²) in [5.41, 5.74) is 3.78. The lowest BCUT2D eigenvalue weighted by Gasteiger charge is -2.27. The van der Waals surface area contributed by atoms with Gasteiger partial charge in [0.15, 0.2) is 0 Å². The average Bonchev–Trinajstić information content (AvgIpc) is 3.15. The predicted molar refractivity (Wildman–Crippen MR) is 71.1 cm³/mol. The van der Waals surface area contributed by atoms with Gasteiger partial charge < -0.3 is 4.74 Å². The Kier molecular flexibility index (Phi) is 4.61. The SMILES string of the molecule is CCOC(C1CC1)C(NN)c1c(Cl)cnn1CC. The molecular formula is C12H21ClN4O. The maximum absolute atomic E-state index is 6.23. The third-order valence-electron chi connectivity index (χ3n) is 3.38. The molecule has 6 heteroatoms. The summed E-state index contributed by atoms with van der Waals surface area (Å²) >= 11 is 6.23. The van der Waals surface area contributed by atoms with E-state index < -0.39 is 0 Å². The van der Waals surface area contributed by atoms with Crippen molar-refractivity contribution >= 4 is 11.6 Å². The number of rotatable bonds is 7. The van der Waals surface area contributed by atoms with Crippen LogP contribution in [0.3, 0.4) is 0 Å². The van der Waals surface area contributed by atoms with Crippen molar-refractivity contribution in [3.8, 4) is 0 Å². The number of aryl methyl sites for hydroxylation is 1. The van der Waals surface area contributed by atoms with Gasteiger partial charge in [-0.2, -0.15) is 5.10 Å². The van der Waals surface area contributed by atoms with Crippen molar-refractivity contribution in [3.05, 3.63) is 16.9 Å². The minimum Gasteiger partial charge on any atom is -0.376 e. The number of ether oxygens (including phenoxy) is 1. The number of hydrogen-bond donors (Lipinski definition) is 2. The van der Waals surface area contributed by atoms with Crippen molar-refractivity contribution in [1.29, 1.82) is 0 Å². The fourth-order valence-electron chi connectivity index (χ4n) is 2.38. The van der Waals surface area contributed by atoms with Gasteiger partial charge in [0.2, 0.25) is 0 Å². The molecule has 1 fully saturated rings. The van der Waals surface area contributed by atoms with Gasteiger partial charge in [0.25, 0.3) is 0 Å². The summed E-state index contributed by atoms with van der Waals surface area (Å²) in [6, 6.07) is -0.104. The predicted octanol–water partition coefficient (Wildman–Crippen LogP) is 1.88. The van der Waals surface area contributed by atoms with Crippen LogP contribution in [-0.2, 0) is 11.3 Å². The molecule has 0 amide bonds. The highest BCUT2D eigenvalue weighted by molar-refractivity contribution is 6.31. The minimum atomic E-state index is -0.104. The van der Waals surface area contributed by atoms with E-state index in [9.17, 15) is 0 Å². The van der Waals surface area contributed by atoms with Crippen LogP contribution in [0.4, 0.5) is 0 Å². The third kappa shape index (κ3) is 2.69. The summed E-state index contributed by atoms with van der Waals surface area (Å²) in [5, 5.41) is 4.90. The fraction of sp³-hybridized carbons (Fsp3) is 0.750. The first-order valence-electron chi connectivity index (χ1n) is 6.51. The fourth-order valence-corrected chi connectivity index (χ4v) is 2.64. The molecule has 102 valence electrons. The van der Waals surface area contributed by atoms with Gasteiger partial charge in [0, 0.05) is 13.2 Å². The van der Waals surface area contributed by atoms with E-state index in [2.05, 4.69) is 10.5 Å². The minimum absolute atomic E-state index is 0.0690. The van der Waals surface area contributed by atoms with Crippen molar-refractivity contribution in [2.45, 2.75) is 45.4 Å². The second-order valence-electron chi connectivity index (χ2n) is 4.60. The van der Waals surface area contributed by atoms with Crippen LogP contribution in [-0.4, -0.2) is 22.5 Å². The molecule has 1 aromatic heterocycles. The topological polar surface area (TPSA) is 65.1 Å². The molecule has 0 aromatic carbocycles. The van der Waals surface area contributed by atoms with Crippen molar-refractivity contribution in [3.63, 3.8) is 0 Å². The second-order valence-corrected chi connectivity index (χ2v) is 5.00. The highest BCUT2D eigenvalue weighted by Gasteiger charge is 2.39. The Morgan fingerprint density at radius 1 is 1.61 bits per heavy atom. The molecule has 1 aliphatic rings. The maximum atomic E-state index is 6.23. The first-order valence-corrected chi connectivity index (χ1v) is 6.89. The average molecular weight is 273 g/mol. The van der Waals surface area contributed by atoms with Gasteiger partial charge in [0.05, 0.1) is 29.1 Å². The Hall–Kier alpha value is -0.620. The molecule has 1 aromatic rings. The molecule has 2 atom stereocenters. The van der Waals surface area contributed by atoms with Crippen molar-refractivity contribution in [1.82, 2.24) is 15.2 Å². The van der Waals surface area contributed by atoms with Crippen LogP contribution in [0.25, 0.3) is 0 Å². The van der Waals surface area contributed by atoms with E-state index >= 15 is 0 Å². The summed E-state index contributed by atoms with van der Waals surface area (Å²) < 4.78 is 7.73. The van der Waals surface area contributed by atoms with E-state index in [-0.39, 0.29) is 12.1 Å². The molecule has 2 rings (SSSR count). The summed E-state index contributed by atoms with van der Waals surface area (Å²) in [6.45, 7) is 5.48. The molecule has 1 aliphatic carbocycles. The first-order chi connectivity index (χ1) is 8.72.